The van der Waals surface area contributed by atoms with Crippen LogP contribution in [0.3, 0.4) is 0 Å². The number of likely N-dealkylation sites (tertiary alicyclic amines) is 1. The lowest BCUT2D eigenvalue weighted by Crippen LogP contribution is -2.34. The van der Waals surface area contributed by atoms with Gasteiger partial charge < -0.3 is 4.74 Å². The first-order valence-corrected chi connectivity index (χ1v) is 9.11. The highest BCUT2D eigenvalue weighted by atomic mass is 16.5. The fraction of sp³-hybridized carbons (Fsp3) is 0.318. The molecule has 0 N–H and O–H groups in total. The molecular formula is C22H24N2O. The Hall–Kier alpha value is -2.39. The number of fused-ring (bicyclic) bond motifs is 1. The van der Waals surface area contributed by atoms with Gasteiger partial charge in [-0.3, -0.25) is 9.88 Å². The summed E-state index contributed by atoms with van der Waals surface area (Å²) in [5, 5.41) is 2.43. The predicted octanol–water partition coefficient (Wildman–Crippen LogP) is 4.76. The summed E-state index contributed by atoms with van der Waals surface area (Å²) in [5.41, 5.74) is 2.33. The smallest absolute Gasteiger partial charge is 0.120 e. The predicted molar refractivity (Wildman–Crippen MR) is 103 cm³/mol. The van der Waals surface area contributed by atoms with Crippen LogP contribution in [0.1, 0.15) is 19.8 Å². The molecule has 1 aliphatic rings. The number of hydrogen-bond donors (Lipinski definition) is 0. The summed E-state index contributed by atoms with van der Waals surface area (Å²) in [5.74, 6) is 0.952. The number of aromatic nitrogens is 1. The molecule has 1 aromatic heterocycles. The molecule has 4 rings (SSSR count). The number of pyridine rings is 1. The Morgan fingerprint density at radius 3 is 2.60 bits per heavy atom. The molecule has 3 heteroatoms. The zero-order chi connectivity index (χ0) is 17.1. The molecule has 128 valence electrons. The average Bonchev–Trinajstić information content (AvgIpc) is 3.21. The van der Waals surface area contributed by atoms with Crippen LogP contribution < -0.4 is 4.74 Å². The third-order valence-electron chi connectivity index (χ3n) is 5.06. The highest BCUT2D eigenvalue weighted by Crippen LogP contribution is 2.27. The van der Waals surface area contributed by atoms with Crippen molar-refractivity contribution in [1.82, 2.24) is 9.88 Å². The van der Waals surface area contributed by atoms with Crippen LogP contribution in [0.25, 0.3) is 21.9 Å². The van der Waals surface area contributed by atoms with Crippen molar-refractivity contribution >= 4 is 10.8 Å². The summed E-state index contributed by atoms with van der Waals surface area (Å²) in [6.07, 6.45) is 6.34. The summed E-state index contributed by atoms with van der Waals surface area (Å²) in [6.45, 7) is 5.42. The molecule has 3 aromatic rings. The van der Waals surface area contributed by atoms with Crippen molar-refractivity contribution < 1.29 is 4.74 Å². The largest absolute Gasteiger partial charge is 0.492 e. The van der Waals surface area contributed by atoms with Gasteiger partial charge in [-0.05, 0) is 73.5 Å². The molecule has 3 nitrogen and oxygen atoms in total. The second-order valence-electron chi connectivity index (χ2n) is 6.87. The van der Waals surface area contributed by atoms with Crippen molar-refractivity contribution in [2.45, 2.75) is 25.8 Å². The third-order valence-corrected chi connectivity index (χ3v) is 5.06. The molecular weight excluding hydrogens is 308 g/mol. The van der Waals surface area contributed by atoms with E-state index in [1.807, 2.05) is 12.3 Å². The fourth-order valence-corrected chi connectivity index (χ4v) is 3.53. The first-order valence-electron chi connectivity index (χ1n) is 9.11. The average molecular weight is 332 g/mol. The van der Waals surface area contributed by atoms with E-state index in [4.69, 9.17) is 4.74 Å². The van der Waals surface area contributed by atoms with E-state index >= 15 is 0 Å². The van der Waals surface area contributed by atoms with Crippen molar-refractivity contribution in [3.05, 3.63) is 60.9 Å². The Morgan fingerprint density at radius 2 is 1.80 bits per heavy atom. The Kier molecular flexibility index (Phi) is 4.66. The maximum Gasteiger partial charge on any atom is 0.120 e. The summed E-state index contributed by atoms with van der Waals surface area (Å²) in [6, 6.07) is 17.4. The third kappa shape index (κ3) is 3.67. The van der Waals surface area contributed by atoms with Gasteiger partial charge in [0.05, 0.1) is 0 Å². The van der Waals surface area contributed by atoms with Crippen molar-refractivity contribution in [3.8, 4) is 16.9 Å². The highest BCUT2D eigenvalue weighted by molar-refractivity contribution is 5.88. The van der Waals surface area contributed by atoms with Gasteiger partial charge in [0.15, 0.2) is 0 Å². The molecule has 1 atom stereocenters. The van der Waals surface area contributed by atoms with E-state index in [9.17, 15) is 0 Å². The molecule has 1 saturated heterocycles. The molecule has 0 aliphatic carbocycles. The summed E-state index contributed by atoms with van der Waals surface area (Å²) in [7, 11) is 0. The summed E-state index contributed by atoms with van der Waals surface area (Å²) >= 11 is 0. The monoisotopic (exact) mass is 332 g/mol. The zero-order valence-electron chi connectivity index (χ0n) is 14.7. The van der Waals surface area contributed by atoms with Crippen molar-refractivity contribution in [1.29, 1.82) is 0 Å². The van der Waals surface area contributed by atoms with E-state index in [2.05, 4.69) is 59.3 Å². The Morgan fingerprint density at radius 1 is 1.00 bits per heavy atom. The van der Waals surface area contributed by atoms with Crippen LogP contribution in [0.5, 0.6) is 5.75 Å². The molecule has 0 radical (unpaired) electrons. The normalized spacial score (nSPS) is 16.2. The minimum absolute atomic E-state index is 0.478. The second kappa shape index (κ2) is 7.24. The SMILES string of the molecule is C[C@H](COc1ccc2cc(-c3cccnc3)ccc2c1)N1CCCC1. The topological polar surface area (TPSA) is 25.4 Å². The molecule has 0 saturated carbocycles. The maximum absolute atomic E-state index is 6.05. The van der Waals surface area contributed by atoms with Gasteiger partial charge in [-0.1, -0.05) is 24.3 Å². The first-order chi connectivity index (χ1) is 12.3. The van der Waals surface area contributed by atoms with Crippen LogP contribution in [-0.4, -0.2) is 35.6 Å². The minimum Gasteiger partial charge on any atom is -0.492 e. The van der Waals surface area contributed by atoms with Crippen LogP contribution in [0.4, 0.5) is 0 Å². The lowest BCUT2D eigenvalue weighted by molar-refractivity contribution is 0.173. The lowest BCUT2D eigenvalue weighted by Gasteiger charge is -2.23. The Bertz CT molecular complexity index is 841. The number of ether oxygens (including phenoxy) is 1. The minimum atomic E-state index is 0.478. The van der Waals surface area contributed by atoms with Crippen molar-refractivity contribution in [3.63, 3.8) is 0 Å². The lowest BCUT2D eigenvalue weighted by atomic mass is 10.0. The molecule has 2 heterocycles. The number of rotatable bonds is 5. The Balaban J connectivity index is 1.48. The van der Waals surface area contributed by atoms with E-state index in [-0.39, 0.29) is 0 Å². The maximum atomic E-state index is 6.05. The molecule has 0 bridgehead atoms. The van der Waals surface area contributed by atoms with Gasteiger partial charge in [-0.2, -0.15) is 0 Å². The zero-order valence-corrected chi connectivity index (χ0v) is 14.7. The molecule has 1 aliphatic heterocycles. The van der Waals surface area contributed by atoms with Gasteiger partial charge in [-0.25, -0.2) is 0 Å². The van der Waals surface area contributed by atoms with Crippen LogP contribution >= 0.6 is 0 Å². The van der Waals surface area contributed by atoms with Gasteiger partial charge in [-0.15, -0.1) is 0 Å². The van der Waals surface area contributed by atoms with Gasteiger partial charge in [0.25, 0.3) is 0 Å². The second-order valence-corrected chi connectivity index (χ2v) is 6.87. The van der Waals surface area contributed by atoms with E-state index in [1.54, 1.807) is 6.20 Å². The molecule has 25 heavy (non-hydrogen) atoms. The standard InChI is InChI=1S/C22H24N2O/c1-17(24-11-2-3-12-24)16-25-22-9-8-18-13-19(6-7-20(18)14-22)21-5-4-10-23-15-21/h4-10,13-15,17H,2-3,11-12,16H2,1H3/t17-/m1/s1. The highest BCUT2D eigenvalue weighted by Gasteiger charge is 2.18. The first kappa shape index (κ1) is 16.1. The van der Waals surface area contributed by atoms with Gasteiger partial charge >= 0.3 is 0 Å². The summed E-state index contributed by atoms with van der Waals surface area (Å²) < 4.78 is 6.05. The van der Waals surface area contributed by atoms with E-state index in [0.717, 1.165) is 17.9 Å². The van der Waals surface area contributed by atoms with Gasteiger partial charge in [0.1, 0.15) is 12.4 Å². The number of hydrogen-bond acceptors (Lipinski definition) is 3. The van der Waals surface area contributed by atoms with E-state index in [0.29, 0.717) is 6.04 Å². The van der Waals surface area contributed by atoms with Crippen molar-refractivity contribution in [2.24, 2.45) is 0 Å². The quantitative estimate of drug-likeness (QED) is 0.673. The van der Waals surface area contributed by atoms with Gasteiger partial charge in [0.2, 0.25) is 0 Å². The molecule has 0 amide bonds. The summed E-state index contributed by atoms with van der Waals surface area (Å²) in [4.78, 5) is 6.72. The molecule has 2 aromatic carbocycles. The van der Waals surface area contributed by atoms with Crippen LogP contribution in [0.2, 0.25) is 0 Å². The molecule has 1 fully saturated rings. The number of nitrogens with zero attached hydrogens (tertiary/aromatic N) is 2. The Labute approximate surface area is 149 Å². The van der Waals surface area contributed by atoms with E-state index < -0.39 is 0 Å². The van der Waals surface area contributed by atoms with E-state index in [1.165, 1.54) is 42.3 Å². The van der Waals surface area contributed by atoms with Gasteiger partial charge in [0, 0.05) is 24.0 Å². The van der Waals surface area contributed by atoms with Crippen molar-refractivity contribution in [2.75, 3.05) is 19.7 Å². The van der Waals surface area contributed by atoms with Crippen LogP contribution in [0, 0.1) is 0 Å². The fourth-order valence-electron chi connectivity index (χ4n) is 3.53. The molecule has 0 spiro atoms. The van der Waals surface area contributed by atoms with Crippen LogP contribution in [-0.2, 0) is 0 Å². The van der Waals surface area contributed by atoms with Crippen LogP contribution in [0.15, 0.2) is 60.9 Å². The number of benzene rings is 2. The molecule has 0 unspecified atom stereocenters.